The highest BCUT2D eigenvalue weighted by Crippen LogP contribution is 2.12. The molecule has 2 aromatic heterocycles. The van der Waals surface area contributed by atoms with Crippen LogP contribution >= 0.6 is 11.6 Å². The second-order valence-corrected chi connectivity index (χ2v) is 3.81. The third-order valence-corrected chi connectivity index (χ3v) is 2.32. The van der Waals surface area contributed by atoms with Crippen molar-refractivity contribution in [1.29, 1.82) is 0 Å². The fraction of sp³-hybridized carbons (Fsp3) is 0. The minimum Gasteiger partial charge on any atom is -0.476 e. The first-order chi connectivity index (χ1) is 9.08. The van der Waals surface area contributed by atoms with Crippen LogP contribution in [0.25, 0.3) is 0 Å². The number of carboxylic acid groups (broad SMARTS) is 1. The fourth-order valence-corrected chi connectivity index (χ4v) is 1.45. The van der Waals surface area contributed by atoms with E-state index in [1.165, 1.54) is 30.7 Å². The summed E-state index contributed by atoms with van der Waals surface area (Å²) >= 11 is 5.73. The van der Waals surface area contributed by atoms with Crippen molar-refractivity contribution in [3.63, 3.8) is 0 Å². The van der Waals surface area contributed by atoms with E-state index in [1.807, 2.05) is 0 Å². The molecule has 0 bridgehead atoms. The molecular weight excluding hydrogens is 272 g/mol. The molecule has 0 atom stereocenters. The quantitative estimate of drug-likeness (QED) is 0.881. The molecule has 2 N–H and O–H groups in total. The molecular formula is C11H7ClN4O3. The number of rotatable bonds is 3. The van der Waals surface area contributed by atoms with E-state index in [9.17, 15) is 9.59 Å². The van der Waals surface area contributed by atoms with Gasteiger partial charge in [-0.1, -0.05) is 11.6 Å². The summed E-state index contributed by atoms with van der Waals surface area (Å²) in [6, 6.07) is 2.87. The molecule has 0 spiro atoms. The molecule has 0 saturated carbocycles. The number of aromatic nitrogens is 3. The number of aromatic carboxylic acids is 1. The molecule has 0 fully saturated rings. The number of carboxylic acids is 1. The van der Waals surface area contributed by atoms with Crippen LogP contribution in [-0.2, 0) is 0 Å². The average molecular weight is 279 g/mol. The van der Waals surface area contributed by atoms with E-state index in [-0.39, 0.29) is 17.2 Å². The second kappa shape index (κ2) is 5.40. The summed E-state index contributed by atoms with van der Waals surface area (Å²) < 4.78 is 0. The largest absolute Gasteiger partial charge is 0.476 e. The number of nitrogens with one attached hydrogen (secondary N) is 1. The van der Waals surface area contributed by atoms with Gasteiger partial charge >= 0.3 is 5.97 Å². The summed E-state index contributed by atoms with van der Waals surface area (Å²) in [5.41, 5.74) is -0.299. The second-order valence-electron chi connectivity index (χ2n) is 3.37. The molecule has 2 heterocycles. The van der Waals surface area contributed by atoms with Gasteiger partial charge in [0.1, 0.15) is 5.69 Å². The maximum atomic E-state index is 11.8. The first-order valence-corrected chi connectivity index (χ1v) is 5.43. The third kappa shape index (κ3) is 3.02. The Balaban J connectivity index is 2.27. The van der Waals surface area contributed by atoms with E-state index >= 15 is 0 Å². The highest BCUT2D eigenvalue weighted by Gasteiger charge is 2.16. The maximum Gasteiger partial charge on any atom is 0.358 e. The van der Waals surface area contributed by atoms with Crippen LogP contribution < -0.4 is 5.32 Å². The standard InChI is InChI=1S/C11H7ClN4O3/c12-6-1-2-13-7(5-6)10(17)16-9-8(11(18)19)14-3-4-15-9/h1-5H,(H,18,19)(H,15,16,17). The number of carbonyl (C=O) groups excluding carboxylic acids is 1. The molecule has 0 aromatic carbocycles. The van der Waals surface area contributed by atoms with Crippen LogP contribution in [0.1, 0.15) is 21.0 Å². The van der Waals surface area contributed by atoms with E-state index in [4.69, 9.17) is 16.7 Å². The van der Waals surface area contributed by atoms with Crippen LogP contribution in [0.15, 0.2) is 30.7 Å². The predicted octanol–water partition coefficient (Wildman–Crippen LogP) is 1.48. The monoisotopic (exact) mass is 278 g/mol. The Morgan fingerprint density at radius 1 is 1.16 bits per heavy atom. The lowest BCUT2D eigenvalue weighted by atomic mass is 10.3. The summed E-state index contributed by atoms with van der Waals surface area (Å²) in [6.45, 7) is 0. The maximum absolute atomic E-state index is 11.8. The van der Waals surface area contributed by atoms with Gasteiger partial charge in [-0.3, -0.25) is 9.78 Å². The molecule has 1 amide bonds. The van der Waals surface area contributed by atoms with Crippen LogP contribution in [0, 0.1) is 0 Å². The fourth-order valence-electron chi connectivity index (χ4n) is 1.29. The number of nitrogens with zero attached hydrogens (tertiary/aromatic N) is 3. The Morgan fingerprint density at radius 3 is 2.58 bits per heavy atom. The van der Waals surface area contributed by atoms with E-state index in [1.54, 1.807) is 0 Å². The summed E-state index contributed by atoms with van der Waals surface area (Å²) in [5, 5.41) is 11.6. The van der Waals surface area contributed by atoms with E-state index < -0.39 is 11.9 Å². The smallest absolute Gasteiger partial charge is 0.358 e. The van der Waals surface area contributed by atoms with Crippen molar-refractivity contribution in [2.75, 3.05) is 5.32 Å². The first kappa shape index (κ1) is 12.9. The number of pyridine rings is 1. The van der Waals surface area contributed by atoms with Gasteiger partial charge in [0, 0.05) is 23.6 Å². The number of amides is 1. The summed E-state index contributed by atoms with van der Waals surface area (Å²) in [6.07, 6.45) is 3.86. The van der Waals surface area contributed by atoms with Crippen LogP contribution in [0.3, 0.4) is 0 Å². The predicted molar refractivity (Wildman–Crippen MR) is 66.2 cm³/mol. The molecule has 2 aromatic rings. The summed E-state index contributed by atoms with van der Waals surface area (Å²) in [4.78, 5) is 33.9. The average Bonchev–Trinajstić information content (AvgIpc) is 2.39. The van der Waals surface area contributed by atoms with Gasteiger partial charge < -0.3 is 10.4 Å². The molecule has 0 saturated heterocycles. The number of halogens is 1. The minimum atomic E-state index is -1.29. The minimum absolute atomic E-state index is 0.0505. The zero-order valence-electron chi connectivity index (χ0n) is 9.37. The Morgan fingerprint density at radius 2 is 1.89 bits per heavy atom. The van der Waals surface area contributed by atoms with Gasteiger partial charge in [-0.15, -0.1) is 0 Å². The molecule has 0 aliphatic carbocycles. The number of hydrogen-bond acceptors (Lipinski definition) is 5. The van der Waals surface area contributed by atoms with Gasteiger partial charge in [0.05, 0.1) is 0 Å². The normalized spacial score (nSPS) is 9.95. The molecule has 96 valence electrons. The molecule has 19 heavy (non-hydrogen) atoms. The van der Waals surface area contributed by atoms with Crippen LogP contribution in [0.5, 0.6) is 0 Å². The Hall–Kier alpha value is -2.54. The van der Waals surface area contributed by atoms with Crippen molar-refractivity contribution >= 4 is 29.3 Å². The van der Waals surface area contributed by atoms with Crippen LogP contribution in [-0.4, -0.2) is 31.9 Å². The lowest BCUT2D eigenvalue weighted by molar-refractivity contribution is 0.0691. The van der Waals surface area contributed by atoms with Crippen molar-refractivity contribution in [3.05, 3.63) is 47.1 Å². The van der Waals surface area contributed by atoms with Crippen molar-refractivity contribution in [3.8, 4) is 0 Å². The highest BCUT2D eigenvalue weighted by molar-refractivity contribution is 6.31. The molecule has 2 rings (SSSR count). The molecule has 0 aliphatic heterocycles. The highest BCUT2D eigenvalue weighted by atomic mass is 35.5. The third-order valence-electron chi connectivity index (χ3n) is 2.09. The van der Waals surface area contributed by atoms with Crippen molar-refractivity contribution in [1.82, 2.24) is 15.0 Å². The van der Waals surface area contributed by atoms with Gasteiger partial charge in [0.2, 0.25) is 0 Å². The Bertz CT molecular complexity index is 647. The van der Waals surface area contributed by atoms with E-state index in [2.05, 4.69) is 20.3 Å². The summed E-state index contributed by atoms with van der Waals surface area (Å²) in [5.74, 6) is -2.06. The molecule has 7 nitrogen and oxygen atoms in total. The van der Waals surface area contributed by atoms with Gasteiger partial charge in [-0.25, -0.2) is 14.8 Å². The molecule has 0 aliphatic rings. The zero-order chi connectivity index (χ0) is 13.8. The van der Waals surface area contributed by atoms with Gasteiger partial charge in [-0.05, 0) is 12.1 Å². The lowest BCUT2D eigenvalue weighted by Crippen LogP contribution is -2.18. The number of carbonyl (C=O) groups is 2. The molecule has 8 heteroatoms. The SMILES string of the molecule is O=C(Nc1nccnc1C(=O)O)c1cc(Cl)ccn1. The van der Waals surface area contributed by atoms with Crippen LogP contribution in [0.4, 0.5) is 5.82 Å². The van der Waals surface area contributed by atoms with Crippen LogP contribution in [0.2, 0.25) is 5.02 Å². The zero-order valence-corrected chi connectivity index (χ0v) is 10.1. The van der Waals surface area contributed by atoms with Gasteiger partial charge in [0.25, 0.3) is 5.91 Å². The molecule has 0 radical (unpaired) electrons. The van der Waals surface area contributed by atoms with E-state index in [0.29, 0.717) is 5.02 Å². The summed E-state index contributed by atoms with van der Waals surface area (Å²) in [7, 11) is 0. The van der Waals surface area contributed by atoms with Crippen molar-refractivity contribution in [2.45, 2.75) is 0 Å². The van der Waals surface area contributed by atoms with Gasteiger partial charge in [-0.2, -0.15) is 0 Å². The molecule has 0 unspecified atom stereocenters. The Kier molecular flexibility index (Phi) is 3.67. The Labute approximate surface area is 112 Å². The number of anilines is 1. The topological polar surface area (TPSA) is 105 Å². The lowest BCUT2D eigenvalue weighted by Gasteiger charge is -2.05. The first-order valence-electron chi connectivity index (χ1n) is 5.05. The number of hydrogen-bond donors (Lipinski definition) is 2. The van der Waals surface area contributed by atoms with E-state index in [0.717, 1.165) is 0 Å². The van der Waals surface area contributed by atoms with Crippen molar-refractivity contribution < 1.29 is 14.7 Å². The van der Waals surface area contributed by atoms with Crippen molar-refractivity contribution in [2.24, 2.45) is 0 Å². The van der Waals surface area contributed by atoms with Gasteiger partial charge in [0.15, 0.2) is 11.5 Å².